The number of amides is 2. The number of carbonyl (C=O) groups excluding carboxylic acids is 2. The minimum Gasteiger partial charge on any atom is -0.384 e. The number of hydrogen-bond acceptors (Lipinski definition) is 4. The van der Waals surface area contributed by atoms with E-state index in [1.165, 1.54) is 6.07 Å². The number of likely N-dealkylation sites (tertiary alicyclic amines) is 2. The molecule has 27 heavy (non-hydrogen) atoms. The maximum Gasteiger partial charge on any atom is 0.280 e. The van der Waals surface area contributed by atoms with Crippen molar-refractivity contribution >= 4 is 11.8 Å². The summed E-state index contributed by atoms with van der Waals surface area (Å²) in [4.78, 5) is 40.1. The van der Waals surface area contributed by atoms with Gasteiger partial charge in [-0.3, -0.25) is 14.4 Å². The molecule has 0 unspecified atom stereocenters. The summed E-state index contributed by atoms with van der Waals surface area (Å²) in [6.07, 6.45) is 5.32. The Morgan fingerprint density at radius 1 is 1.30 bits per heavy atom. The fourth-order valence-electron chi connectivity index (χ4n) is 4.31. The van der Waals surface area contributed by atoms with Gasteiger partial charge in [-0.25, -0.2) is 0 Å². The summed E-state index contributed by atoms with van der Waals surface area (Å²) in [5, 5.41) is 2.25. The molecule has 1 aromatic heterocycles. The molecule has 2 aliphatic rings. The molecule has 2 fully saturated rings. The molecule has 0 bridgehead atoms. The molecule has 3 heterocycles. The van der Waals surface area contributed by atoms with Crippen LogP contribution in [0.3, 0.4) is 0 Å². The van der Waals surface area contributed by atoms with Crippen LogP contribution in [0.2, 0.25) is 0 Å². The molecule has 0 aliphatic carbocycles. The van der Waals surface area contributed by atoms with Gasteiger partial charge in [-0.05, 0) is 31.6 Å². The van der Waals surface area contributed by atoms with Crippen molar-refractivity contribution in [1.29, 1.82) is 0 Å². The van der Waals surface area contributed by atoms with Crippen LogP contribution in [0.5, 0.6) is 0 Å². The summed E-state index contributed by atoms with van der Waals surface area (Å²) in [6.45, 7) is 7.45. The van der Waals surface area contributed by atoms with Crippen LogP contribution < -0.4 is 5.56 Å². The molecule has 1 atom stereocenters. The highest BCUT2D eigenvalue weighted by Gasteiger charge is 2.42. The predicted octanol–water partition coefficient (Wildman–Crippen LogP) is 2.18. The standard InChI is InChI=1S/C20H31N3O4/c1-15(2)7-11-23-14-20(9-6-19(23)26)8-3-10-22(13-20)18(25)5-4-16-12-17(24)21-27-16/h12,15H,3-11,13-14H2,1-2H3,(H,21,24)/t20-/m0/s1. The van der Waals surface area contributed by atoms with Gasteiger partial charge in [0.1, 0.15) is 5.76 Å². The van der Waals surface area contributed by atoms with Crippen molar-refractivity contribution in [3.63, 3.8) is 0 Å². The Balaban J connectivity index is 1.57. The zero-order valence-corrected chi connectivity index (χ0v) is 16.5. The summed E-state index contributed by atoms with van der Waals surface area (Å²) in [7, 11) is 0. The normalized spacial score (nSPS) is 23.4. The van der Waals surface area contributed by atoms with E-state index in [-0.39, 0.29) is 22.8 Å². The molecule has 1 aromatic rings. The topological polar surface area (TPSA) is 86.6 Å². The van der Waals surface area contributed by atoms with Crippen molar-refractivity contribution in [3.8, 4) is 0 Å². The first-order valence-corrected chi connectivity index (χ1v) is 10.1. The van der Waals surface area contributed by atoms with Crippen LogP contribution in [0.4, 0.5) is 0 Å². The van der Waals surface area contributed by atoms with Gasteiger partial charge in [0.15, 0.2) is 0 Å². The number of aromatic nitrogens is 1. The van der Waals surface area contributed by atoms with Crippen molar-refractivity contribution in [2.24, 2.45) is 11.3 Å². The van der Waals surface area contributed by atoms with Crippen LogP contribution in [0.15, 0.2) is 15.4 Å². The Hall–Kier alpha value is -2.05. The Morgan fingerprint density at radius 2 is 2.11 bits per heavy atom. The molecular weight excluding hydrogens is 346 g/mol. The quantitative estimate of drug-likeness (QED) is 0.823. The monoisotopic (exact) mass is 377 g/mol. The number of piperidine rings is 2. The molecular formula is C20H31N3O4. The second-order valence-corrected chi connectivity index (χ2v) is 8.60. The van der Waals surface area contributed by atoms with E-state index in [0.717, 1.165) is 51.9 Å². The van der Waals surface area contributed by atoms with E-state index in [9.17, 15) is 14.4 Å². The van der Waals surface area contributed by atoms with E-state index in [1.807, 2.05) is 9.80 Å². The number of hydrogen-bond donors (Lipinski definition) is 1. The molecule has 0 aromatic carbocycles. The van der Waals surface area contributed by atoms with Gasteiger partial charge in [0.05, 0.1) is 0 Å². The number of carbonyl (C=O) groups is 2. The van der Waals surface area contributed by atoms with E-state index in [2.05, 4.69) is 19.0 Å². The number of H-pyrrole nitrogens is 1. The fraction of sp³-hybridized carbons (Fsp3) is 0.750. The van der Waals surface area contributed by atoms with Crippen LogP contribution >= 0.6 is 0 Å². The van der Waals surface area contributed by atoms with Gasteiger partial charge < -0.3 is 14.3 Å². The lowest BCUT2D eigenvalue weighted by Crippen LogP contribution is -2.55. The summed E-state index contributed by atoms with van der Waals surface area (Å²) >= 11 is 0. The van der Waals surface area contributed by atoms with Gasteiger partial charge in [0, 0.05) is 56.9 Å². The average molecular weight is 377 g/mol. The second-order valence-electron chi connectivity index (χ2n) is 8.60. The largest absolute Gasteiger partial charge is 0.384 e. The number of nitrogens with zero attached hydrogens (tertiary/aromatic N) is 2. The summed E-state index contributed by atoms with van der Waals surface area (Å²) in [6, 6.07) is 1.39. The highest BCUT2D eigenvalue weighted by atomic mass is 16.5. The summed E-state index contributed by atoms with van der Waals surface area (Å²) in [5.41, 5.74) is -0.234. The average Bonchev–Trinajstić information content (AvgIpc) is 3.06. The second kappa shape index (κ2) is 8.31. The Kier molecular flexibility index (Phi) is 6.07. The smallest absolute Gasteiger partial charge is 0.280 e. The van der Waals surface area contributed by atoms with Gasteiger partial charge in [0.25, 0.3) is 5.56 Å². The minimum atomic E-state index is -0.275. The van der Waals surface area contributed by atoms with E-state index >= 15 is 0 Å². The Morgan fingerprint density at radius 3 is 2.81 bits per heavy atom. The molecule has 2 saturated heterocycles. The lowest BCUT2D eigenvalue weighted by molar-refractivity contribution is -0.143. The van der Waals surface area contributed by atoms with Crippen LogP contribution in [0, 0.1) is 11.3 Å². The molecule has 2 amide bonds. The third-order valence-electron chi connectivity index (χ3n) is 5.90. The molecule has 3 rings (SSSR count). The zero-order chi connectivity index (χ0) is 19.4. The predicted molar refractivity (Wildman–Crippen MR) is 101 cm³/mol. The Labute approximate surface area is 160 Å². The molecule has 7 heteroatoms. The molecule has 1 spiro atoms. The third kappa shape index (κ3) is 5.02. The van der Waals surface area contributed by atoms with E-state index in [0.29, 0.717) is 30.9 Å². The van der Waals surface area contributed by atoms with Gasteiger partial charge in [-0.15, -0.1) is 0 Å². The van der Waals surface area contributed by atoms with Crippen molar-refractivity contribution in [3.05, 3.63) is 22.2 Å². The summed E-state index contributed by atoms with van der Waals surface area (Å²) < 4.78 is 5.03. The first-order chi connectivity index (χ1) is 12.9. The van der Waals surface area contributed by atoms with E-state index < -0.39 is 0 Å². The highest BCUT2D eigenvalue weighted by Crippen LogP contribution is 2.39. The Bertz CT molecular complexity index is 723. The summed E-state index contributed by atoms with van der Waals surface area (Å²) in [5.74, 6) is 1.45. The van der Waals surface area contributed by atoms with Crippen LogP contribution in [-0.4, -0.2) is 52.9 Å². The number of aromatic amines is 1. The number of nitrogens with one attached hydrogen (secondary N) is 1. The third-order valence-corrected chi connectivity index (χ3v) is 5.90. The first-order valence-electron chi connectivity index (χ1n) is 10.1. The lowest BCUT2D eigenvalue weighted by Gasteiger charge is -2.48. The maximum absolute atomic E-state index is 12.7. The first kappa shape index (κ1) is 19.7. The fourth-order valence-corrected chi connectivity index (χ4v) is 4.31. The minimum absolute atomic E-state index is 0.0411. The van der Waals surface area contributed by atoms with Gasteiger partial charge >= 0.3 is 0 Å². The number of aryl methyl sites for hydroxylation is 1. The van der Waals surface area contributed by atoms with Gasteiger partial charge in [0.2, 0.25) is 11.8 Å². The van der Waals surface area contributed by atoms with Crippen molar-refractivity contribution in [2.75, 3.05) is 26.2 Å². The molecule has 7 nitrogen and oxygen atoms in total. The van der Waals surface area contributed by atoms with Gasteiger partial charge in [-0.1, -0.05) is 13.8 Å². The molecule has 2 aliphatic heterocycles. The van der Waals surface area contributed by atoms with Crippen molar-refractivity contribution in [1.82, 2.24) is 15.0 Å². The molecule has 1 N–H and O–H groups in total. The van der Waals surface area contributed by atoms with Crippen molar-refractivity contribution < 1.29 is 14.1 Å². The number of rotatable bonds is 6. The van der Waals surface area contributed by atoms with E-state index in [1.54, 1.807) is 0 Å². The molecule has 150 valence electrons. The lowest BCUT2D eigenvalue weighted by atomic mass is 9.73. The maximum atomic E-state index is 12.7. The van der Waals surface area contributed by atoms with Crippen LogP contribution in [0.25, 0.3) is 0 Å². The SMILES string of the molecule is CC(C)CCN1C[C@@]2(CCCN(C(=O)CCc3cc(=O)[nH]o3)C2)CCC1=O. The van der Waals surface area contributed by atoms with Crippen LogP contribution in [-0.2, 0) is 16.0 Å². The van der Waals surface area contributed by atoms with Crippen molar-refractivity contribution in [2.45, 2.75) is 58.8 Å². The molecule has 0 saturated carbocycles. The van der Waals surface area contributed by atoms with E-state index in [4.69, 9.17) is 4.52 Å². The van der Waals surface area contributed by atoms with Crippen LogP contribution in [0.1, 0.15) is 58.1 Å². The molecule has 0 radical (unpaired) electrons. The highest BCUT2D eigenvalue weighted by molar-refractivity contribution is 5.78. The zero-order valence-electron chi connectivity index (χ0n) is 16.5. The van der Waals surface area contributed by atoms with Gasteiger partial charge in [-0.2, -0.15) is 5.16 Å².